The number of carboxylic acid groups (broad SMARTS) is 1. The Bertz CT molecular complexity index is 555. The summed E-state index contributed by atoms with van der Waals surface area (Å²) in [5, 5.41) is 12.5. The van der Waals surface area contributed by atoms with Crippen molar-refractivity contribution in [3.05, 3.63) is 29.3 Å². The number of aliphatic carboxylic acids is 1. The third-order valence-corrected chi connectivity index (χ3v) is 4.15. The summed E-state index contributed by atoms with van der Waals surface area (Å²) < 4.78 is 5.57. The molecule has 1 aliphatic rings. The van der Waals surface area contributed by atoms with Crippen LogP contribution in [0.2, 0.25) is 5.02 Å². The molecule has 1 atom stereocenters. The van der Waals surface area contributed by atoms with Crippen LogP contribution in [0.3, 0.4) is 0 Å². The van der Waals surface area contributed by atoms with Gasteiger partial charge in [0.25, 0.3) is 5.91 Å². The molecule has 0 spiro atoms. The molecule has 1 aliphatic carbocycles. The molecule has 0 radical (unpaired) electrons. The van der Waals surface area contributed by atoms with E-state index in [-0.39, 0.29) is 12.3 Å². The van der Waals surface area contributed by atoms with Gasteiger partial charge in [-0.15, -0.1) is 0 Å². The number of carbonyl (C=O) groups is 2. The van der Waals surface area contributed by atoms with Gasteiger partial charge in [0.05, 0.1) is 12.0 Å². The van der Waals surface area contributed by atoms with Gasteiger partial charge in [-0.05, 0) is 38.0 Å². The molecule has 1 aromatic rings. The summed E-state index contributed by atoms with van der Waals surface area (Å²) in [7, 11) is 0. The van der Waals surface area contributed by atoms with E-state index in [4.69, 9.17) is 21.4 Å². The Morgan fingerprint density at radius 2 is 2.09 bits per heavy atom. The van der Waals surface area contributed by atoms with Crippen molar-refractivity contribution in [3.63, 3.8) is 0 Å². The third-order valence-electron chi connectivity index (χ3n) is 3.92. The smallest absolute Gasteiger partial charge is 0.305 e. The number of amides is 1. The van der Waals surface area contributed by atoms with E-state index in [0.717, 1.165) is 12.8 Å². The van der Waals surface area contributed by atoms with Crippen molar-refractivity contribution >= 4 is 23.5 Å². The van der Waals surface area contributed by atoms with Gasteiger partial charge in [-0.3, -0.25) is 9.59 Å². The highest BCUT2D eigenvalue weighted by atomic mass is 35.5. The zero-order valence-corrected chi connectivity index (χ0v) is 13.2. The Kier molecular flexibility index (Phi) is 5.29. The van der Waals surface area contributed by atoms with Crippen molar-refractivity contribution in [2.75, 3.05) is 0 Å². The first-order valence-corrected chi connectivity index (χ1v) is 7.74. The van der Waals surface area contributed by atoms with Gasteiger partial charge in [0.15, 0.2) is 6.10 Å². The number of ether oxygens (including phenoxy) is 1. The van der Waals surface area contributed by atoms with E-state index in [1.54, 1.807) is 31.2 Å². The summed E-state index contributed by atoms with van der Waals surface area (Å²) in [6.07, 6.45) is 2.46. The van der Waals surface area contributed by atoms with Crippen molar-refractivity contribution in [2.45, 2.75) is 50.7 Å². The minimum Gasteiger partial charge on any atom is -0.481 e. The first-order valence-electron chi connectivity index (χ1n) is 7.36. The van der Waals surface area contributed by atoms with Crippen LogP contribution in [0, 0.1) is 0 Å². The van der Waals surface area contributed by atoms with E-state index in [9.17, 15) is 9.59 Å². The van der Waals surface area contributed by atoms with Gasteiger partial charge in [-0.25, -0.2) is 0 Å². The minimum atomic E-state index is -0.898. The Balaban J connectivity index is 1.99. The van der Waals surface area contributed by atoms with E-state index in [1.165, 1.54) is 0 Å². The van der Waals surface area contributed by atoms with Gasteiger partial charge in [-0.1, -0.05) is 30.5 Å². The molecule has 1 aromatic carbocycles. The maximum atomic E-state index is 12.3. The zero-order valence-electron chi connectivity index (χ0n) is 12.5. The standard InChI is InChI=1S/C16H20ClNO4/c1-11(22-13-6-4-5-12(17)9-13)15(21)18-16(10-14(19)20)7-2-3-8-16/h4-6,9,11H,2-3,7-8,10H2,1H3,(H,18,21)(H,19,20). The summed E-state index contributed by atoms with van der Waals surface area (Å²) in [5.74, 6) is -0.692. The van der Waals surface area contributed by atoms with E-state index in [1.807, 2.05) is 0 Å². The molecule has 0 aromatic heterocycles. The van der Waals surface area contributed by atoms with Crippen LogP contribution in [0.15, 0.2) is 24.3 Å². The molecule has 120 valence electrons. The lowest BCUT2D eigenvalue weighted by Crippen LogP contribution is -2.51. The van der Waals surface area contributed by atoms with Crippen molar-refractivity contribution in [1.29, 1.82) is 0 Å². The lowest BCUT2D eigenvalue weighted by molar-refractivity contribution is -0.139. The van der Waals surface area contributed by atoms with Crippen LogP contribution in [-0.2, 0) is 9.59 Å². The van der Waals surface area contributed by atoms with E-state index in [0.29, 0.717) is 23.6 Å². The fraction of sp³-hybridized carbons (Fsp3) is 0.500. The third kappa shape index (κ3) is 4.37. The van der Waals surface area contributed by atoms with Crippen LogP contribution in [-0.4, -0.2) is 28.6 Å². The fourth-order valence-electron chi connectivity index (χ4n) is 2.85. The van der Waals surface area contributed by atoms with E-state index in [2.05, 4.69) is 5.32 Å². The second-order valence-electron chi connectivity index (χ2n) is 5.76. The number of carbonyl (C=O) groups excluding carboxylic acids is 1. The van der Waals surface area contributed by atoms with Gasteiger partial charge in [-0.2, -0.15) is 0 Å². The quantitative estimate of drug-likeness (QED) is 0.843. The highest BCUT2D eigenvalue weighted by Crippen LogP contribution is 2.32. The fourth-order valence-corrected chi connectivity index (χ4v) is 3.03. The lowest BCUT2D eigenvalue weighted by atomic mass is 9.93. The van der Waals surface area contributed by atoms with Gasteiger partial charge in [0, 0.05) is 5.02 Å². The van der Waals surface area contributed by atoms with Crippen LogP contribution in [0.1, 0.15) is 39.0 Å². The lowest BCUT2D eigenvalue weighted by Gasteiger charge is -2.30. The molecule has 5 nitrogen and oxygen atoms in total. The second kappa shape index (κ2) is 7.01. The summed E-state index contributed by atoms with van der Waals surface area (Å²) in [5.41, 5.74) is -0.644. The molecule has 2 rings (SSSR count). The molecule has 0 aliphatic heterocycles. The number of carboxylic acids is 1. The first-order chi connectivity index (χ1) is 10.4. The molecule has 1 fully saturated rings. The predicted octanol–water partition coefficient (Wildman–Crippen LogP) is 3.01. The molecule has 1 saturated carbocycles. The van der Waals surface area contributed by atoms with Gasteiger partial charge in [0.1, 0.15) is 5.75 Å². The Morgan fingerprint density at radius 1 is 1.41 bits per heavy atom. The Labute approximate surface area is 134 Å². The summed E-state index contributed by atoms with van der Waals surface area (Å²) in [4.78, 5) is 23.4. The van der Waals surface area contributed by atoms with Crippen LogP contribution in [0.4, 0.5) is 0 Å². The number of hydrogen-bond donors (Lipinski definition) is 2. The number of hydrogen-bond acceptors (Lipinski definition) is 3. The molecule has 2 N–H and O–H groups in total. The van der Waals surface area contributed by atoms with Crippen LogP contribution in [0.25, 0.3) is 0 Å². The average Bonchev–Trinajstić information content (AvgIpc) is 2.85. The Hall–Kier alpha value is -1.75. The first kappa shape index (κ1) is 16.6. The van der Waals surface area contributed by atoms with Crippen molar-refractivity contribution in [2.24, 2.45) is 0 Å². The number of rotatable bonds is 6. The number of nitrogens with one attached hydrogen (secondary N) is 1. The number of halogens is 1. The molecule has 22 heavy (non-hydrogen) atoms. The molecule has 6 heteroatoms. The molecule has 0 heterocycles. The second-order valence-corrected chi connectivity index (χ2v) is 6.20. The van der Waals surface area contributed by atoms with Crippen LogP contribution < -0.4 is 10.1 Å². The zero-order chi connectivity index (χ0) is 16.2. The topological polar surface area (TPSA) is 75.6 Å². The molecule has 0 saturated heterocycles. The van der Waals surface area contributed by atoms with E-state index < -0.39 is 17.6 Å². The van der Waals surface area contributed by atoms with Crippen molar-refractivity contribution < 1.29 is 19.4 Å². The minimum absolute atomic E-state index is 0.0530. The molecule has 1 unspecified atom stereocenters. The largest absolute Gasteiger partial charge is 0.481 e. The highest BCUT2D eigenvalue weighted by molar-refractivity contribution is 6.30. The summed E-state index contributed by atoms with van der Waals surface area (Å²) >= 11 is 5.88. The van der Waals surface area contributed by atoms with Crippen LogP contribution >= 0.6 is 11.6 Å². The SMILES string of the molecule is CC(Oc1cccc(Cl)c1)C(=O)NC1(CC(=O)O)CCCC1. The number of benzene rings is 1. The average molecular weight is 326 g/mol. The highest BCUT2D eigenvalue weighted by Gasteiger charge is 2.38. The monoisotopic (exact) mass is 325 g/mol. The maximum Gasteiger partial charge on any atom is 0.305 e. The van der Waals surface area contributed by atoms with Crippen molar-refractivity contribution in [3.8, 4) is 5.75 Å². The molecular formula is C16H20ClNO4. The van der Waals surface area contributed by atoms with Crippen LogP contribution in [0.5, 0.6) is 5.75 Å². The molecule has 0 bridgehead atoms. The van der Waals surface area contributed by atoms with E-state index >= 15 is 0 Å². The Morgan fingerprint density at radius 3 is 2.68 bits per heavy atom. The predicted molar refractivity (Wildman–Crippen MR) is 83.1 cm³/mol. The van der Waals surface area contributed by atoms with Crippen molar-refractivity contribution in [1.82, 2.24) is 5.32 Å². The van der Waals surface area contributed by atoms with Gasteiger partial charge >= 0.3 is 5.97 Å². The normalized spacial score (nSPS) is 17.7. The summed E-state index contributed by atoms with van der Waals surface area (Å²) in [6.45, 7) is 1.64. The molecular weight excluding hydrogens is 306 g/mol. The van der Waals surface area contributed by atoms with Gasteiger partial charge in [0.2, 0.25) is 0 Å². The maximum absolute atomic E-state index is 12.3. The molecule has 1 amide bonds. The van der Waals surface area contributed by atoms with Gasteiger partial charge < -0.3 is 15.2 Å². The summed E-state index contributed by atoms with van der Waals surface area (Å²) in [6, 6.07) is 6.82.